The Bertz CT molecular complexity index is 449. The molecule has 2 rings (SSSR count). The quantitative estimate of drug-likeness (QED) is 0.746. The summed E-state index contributed by atoms with van der Waals surface area (Å²) in [5, 5.41) is 9.00. The van der Waals surface area contributed by atoms with Crippen LogP contribution < -0.4 is 0 Å². The Labute approximate surface area is 99.5 Å². The SMILES string of the molecule is N#CC1CCCCN1C(=O)c1ccc(F)cc1. The molecule has 0 aliphatic carbocycles. The number of piperidine rings is 1. The number of hydrogen-bond acceptors (Lipinski definition) is 2. The van der Waals surface area contributed by atoms with Crippen LogP contribution in [0.5, 0.6) is 0 Å². The van der Waals surface area contributed by atoms with Crippen LogP contribution in [0.2, 0.25) is 0 Å². The van der Waals surface area contributed by atoms with Crippen molar-refractivity contribution in [3.8, 4) is 6.07 Å². The summed E-state index contributed by atoms with van der Waals surface area (Å²) in [6.07, 6.45) is 2.62. The fourth-order valence-corrected chi connectivity index (χ4v) is 2.07. The van der Waals surface area contributed by atoms with Crippen molar-refractivity contribution in [3.05, 3.63) is 35.6 Å². The number of carbonyl (C=O) groups is 1. The van der Waals surface area contributed by atoms with Crippen molar-refractivity contribution in [1.29, 1.82) is 5.26 Å². The topological polar surface area (TPSA) is 44.1 Å². The Balaban J connectivity index is 2.18. The van der Waals surface area contributed by atoms with E-state index in [1.807, 2.05) is 0 Å². The van der Waals surface area contributed by atoms with Gasteiger partial charge in [-0.2, -0.15) is 5.26 Å². The summed E-state index contributed by atoms with van der Waals surface area (Å²) in [6.45, 7) is 0.606. The fraction of sp³-hybridized carbons (Fsp3) is 0.385. The van der Waals surface area contributed by atoms with E-state index in [4.69, 9.17) is 5.26 Å². The van der Waals surface area contributed by atoms with E-state index in [0.29, 0.717) is 12.1 Å². The van der Waals surface area contributed by atoms with Gasteiger partial charge < -0.3 is 4.90 Å². The first-order valence-electron chi connectivity index (χ1n) is 5.68. The van der Waals surface area contributed by atoms with Crippen molar-refractivity contribution in [2.75, 3.05) is 6.54 Å². The van der Waals surface area contributed by atoms with Crippen LogP contribution in [0.3, 0.4) is 0 Å². The maximum Gasteiger partial charge on any atom is 0.254 e. The van der Waals surface area contributed by atoms with Crippen molar-refractivity contribution in [1.82, 2.24) is 4.90 Å². The van der Waals surface area contributed by atoms with Gasteiger partial charge in [0.1, 0.15) is 11.9 Å². The van der Waals surface area contributed by atoms with E-state index in [0.717, 1.165) is 19.3 Å². The highest BCUT2D eigenvalue weighted by Crippen LogP contribution is 2.19. The van der Waals surface area contributed by atoms with Crippen LogP contribution in [0.4, 0.5) is 4.39 Å². The average Bonchev–Trinajstić information content (AvgIpc) is 2.39. The van der Waals surface area contributed by atoms with Gasteiger partial charge in [-0.25, -0.2) is 4.39 Å². The number of nitriles is 1. The van der Waals surface area contributed by atoms with Crippen LogP contribution >= 0.6 is 0 Å². The first kappa shape index (κ1) is 11.6. The summed E-state index contributed by atoms with van der Waals surface area (Å²) in [4.78, 5) is 13.7. The van der Waals surface area contributed by atoms with E-state index in [-0.39, 0.29) is 17.8 Å². The van der Waals surface area contributed by atoms with Gasteiger partial charge in [-0.15, -0.1) is 0 Å². The molecular weight excluding hydrogens is 219 g/mol. The van der Waals surface area contributed by atoms with Crippen LogP contribution in [0.25, 0.3) is 0 Å². The predicted octanol–water partition coefficient (Wildman–Crippen LogP) is 2.34. The lowest BCUT2D eigenvalue weighted by atomic mass is 10.0. The van der Waals surface area contributed by atoms with E-state index in [1.165, 1.54) is 24.3 Å². The van der Waals surface area contributed by atoms with E-state index >= 15 is 0 Å². The van der Waals surface area contributed by atoms with Gasteiger partial charge >= 0.3 is 0 Å². The lowest BCUT2D eigenvalue weighted by Gasteiger charge is -2.31. The minimum absolute atomic E-state index is 0.184. The van der Waals surface area contributed by atoms with Crippen molar-refractivity contribution in [2.45, 2.75) is 25.3 Å². The number of carbonyl (C=O) groups excluding carboxylic acids is 1. The molecule has 0 N–H and O–H groups in total. The predicted molar refractivity (Wildman–Crippen MR) is 60.7 cm³/mol. The number of amides is 1. The van der Waals surface area contributed by atoms with Gasteiger partial charge in [0.05, 0.1) is 6.07 Å². The molecule has 1 heterocycles. The first-order chi connectivity index (χ1) is 8.22. The number of halogens is 1. The van der Waals surface area contributed by atoms with Gasteiger partial charge in [-0.1, -0.05) is 0 Å². The number of benzene rings is 1. The molecular formula is C13H13FN2O. The molecule has 88 valence electrons. The highest BCUT2D eigenvalue weighted by atomic mass is 19.1. The van der Waals surface area contributed by atoms with Crippen molar-refractivity contribution < 1.29 is 9.18 Å². The number of nitrogens with zero attached hydrogens (tertiary/aromatic N) is 2. The Hall–Kier alpha value is -1.89. The van der Waals surface area contributed by atoms with Gasteiger partial charge in [0.25, 0.3) is 5.91 Å². The molecule has 4 heteroatoms. The highest BCUT2D eigenvalue weighted by Gasteiger charge is 2.27. The molecule has 1 atom stereocenters. The summed E-state index contributed by atoms with van der Waals surface area (Å²) in [5.41, 5.74) is 0.438. The van der Waals surface area contributed by atoms with Gasteiger partial charge in [-0.3, -0.25) is 4.79 Å². The van der Waals surface area contributed by atoms with E-state index < -0.39 is 0 Å². The molecule has 1 aromatic rings. The summed E-state index contributed by atoms with van der Waals surface area (Å²) in [7, 11) is 0. The zero-order valence-electron chi connectivity index (χ0n) is 9.40. The summed E-state index contributed by atoms with van der Waals surface area (Å²) >= 11 is 0. The Kier molecular flexibility index (Phi) is 3.38. The van der Waals surface area contributed by atoms with Gasteiger partial charge in [0.15, 0.2) is 0 Å². The van der Waals surface area contributed by atoms with Crippen LogP contribution in [0.1, 0.15) is 29.6 Å². The second kappa shape index (κ2) is 4.96. The zero-order chi connectivity index (χ0) is 12.3. The molecule has 0 radical (unpaired) electrons. The molecule has 1 aliphatic rings. The minimum atomic E-state index is -0.364. The third-order valence-electron chi connectivity index (χ3n) is 3.00. The van der Waals surface area contributed by atoms with Gasteiger partial charge in [0.2, 0.25) is 0 Å². The number of likely N-dealkylation sites (tertiary alicyclic amines) is 1. The van der Waals surface area contributed by atoms with E-state index in [1.54, 1.807) is 4.90 Å². The molecule has 0 aromatic heterocycles. The Morgan fingerprint density at radius 1 is 1.35 bits per heavy atom. The van der Waals surface area contributed by atoms with E-state index in [9.17, 15) is 9.18 Å². The number of hydrogen-bond donors (Lipinski definition) is 0. The first-order valence-corrected chi connectivity index (χ1v) is 5.68. The largest absolute Gasteiger partial charge is 0.323 e. The second-order valence-electron chi connectivity index (χ2n) is 4.15. The molecule has 0 bridgehead atoms. The average molecular weight is 232 g/mol. The van der Waals surface area contributed by atoms with Crippen LogP contribution in [-0.2, 0) is 0 Å². The standard InChI is InChI=1S/C13H13FN2O/c14-11-6-4-10(5-7-11)13(17)16-8-2-1-3-12(16)9-15/h4-7,12H,1-3,8H2. The summed E-state index contributed by atoms with van der Waals surface area (Å²) in [6, 6.07) is 7.24. The third-order valence-corrected chi connectivity index (χ3v) is 3.00. The van der Waals surface area contributed by atoms with Crippen molar-refractivity contribution in [3.63, 3.8) is 0 Å². The van der Waals surface area contributed by atoms with Crippen molar-refractivity contribution in [2.24, 2.45) is 0 Å². The number of rotatable bonds is 1. The molecule has 1 saturated heterocycles. The van der Waals surface area contributed by atoms with E-state index in [2.05, 4.69) is 6.07 Å². The van der Waals surface area contributed by atoms with Crippen LogP contribution in [-0.4, -0.2) is 23.4 Å². The lowest BCUT2D eigenvalue weighted by Crippen LogP contribution is -2.42. The fourth-order valence-electron chi connectivity index (χ4n) is 2.07. The van der Waals surface area contributed by atoms with Crippen LogP contribution in [0.15, 0.2) is 24.3 Å². The smallest absolute Gasteiger partial charge is 0.254 e. The molecule has 1 aliphatic heterocycles. The molecule has 0 saturated carbocycles. The summed E-state index contributed by atoms with van der Waals surface area (Å²) in [5.74, 6) is -0.548. The maximum absolute atomic E-state index is 12.8. The highest BCUT2D eigenvalue weighted by molar-refractivity contribution is 5.94. The molecule has 0 spiro atoms. The monoisotopic (exact) mass is 232 g/mol. The van der Waals surface area contributed by atoms with Gasteiger partial charge in [0, 0.05) is 12.1 Å². The zero-order valence-corrected chi connectivity index (χ0v) is 9.40. The molecule has 17 heavy (non-hydrogen) atoms. The van der Waals surface area contributed by atoms with Crippen molar-refractivity contribution >= 4 is 5.91 Å². The summed E-state index contributed by atoms with van der Waals surface area (Å²) < 4.78 is 12.8. The second-order valence-corrected chi connectivity index (χ2v) is 4.15. The molecule has 3 nitrogen and oxygen atoms in total. The molecule has 1 amide bonds. The minimum Gasteiger partial charge on any atom is -0.323 e. The lowest BCUT2D eigenvalue weighted by molar-refractivity contribution is 0.0670. The third kappa shape index (κ3) is 2.44. The Morgan fingerprint density at radius 3 is 2.71 bits per heavy atom. The Morgan fingerprint density at radius 2 is 2.06 bits per heavy atom. The molecule has 1 aromatic carbocycles. The van der Waals surface area contributed by atoms with Crippen LogP contribution in [0, 0.1) is 17.1 Å². The molecule has 1 fully saturated rings. The van der Waals surface area contributed by atoms with Gasteiger partial charge in [-0.05, 0) is 43.5 Å². The maximum atomic E-state index is 12.8. The normalized spacial score (nSPS) is 19.8. The molecule has 1 unspecified atom stereocenters.